The van der Waals surface area contributed by atoms with E-state index in [-0.39, 0.29) is 37.3 Å². The lowest BCUT2D eigenvalue weighted by Gasteiger charge is -2.34. The second-order valence-corrected chi connectivity index (χ2v) is 12.6. The van der Waals surface area contributed by atoms with Crippen LogP contribution >= 0.6 is 11.3 Å². The molecule has 2 aromatic carbocycles. The first kappa shape index (κ1) is 28.8. The van der Waals surface area contributed by atoms with Crippen molar-refractivity contribution >= 4 is 27.5 Å². The molecule has 0 radical (unpaired) electrons. The van der Waals surface area contributed by atoms with Crippen molar-refractivity contribution in [3.63, 3.8) is 0 Å². The fourth-order valence-electron chi connectivity index (χ4n) is 4.26. The van der Waals surface area contributed by atoms with Gasteiger partial charge in [0.05, 0.1) is 27.4 Å². The van der Waals surface area contributed by atoms with Crippen LogP contribution in [0.2, 0.25) is 0 Å². The number of fused-ring (bicyclic) bond motifs is 1. The van der Waals surface area contributed by atoms with Gasteiger partial charge in [-0.2, -0.15) is 4.31 Å². The van der Waals surface area contributed by atoms with E-state index in [1.54, 1.807) is 24.8 Å². The molecule has 1 aliphatic rings. The Labute approximate surface area is 232 Å². The third-order valence-electron chi connectivity index (χ3n) is 6.28. The predicted molar refractivity (Wildman–Crippen MR) is 146 cm³/mol. The van der Waals surface area contributed by atoms with Crippen molar-refractivity contribution in [3.05, 3.63) is 70.7 Å². The van der Waals surface area contributed by atoms with Crippen LogP contribution in [0.15, 0.2) is 65.1 Å². The first-order valence-electron chi connectivity index (χ1n) is 12.5. The molecule has 0 fully saturated rings. The van der Waals surface area contributed by atoms with Gasteiger partial charge in [0.15, 0.2) is 11.5 Å². The maximum absolute atomic E-state index is 13.7. The summed E-state index contributed by atoms with van der Waals surface area (Å²) in [5.74, 6) is 0.813. The lowest BCUT2D eigenvalue weighted by molar-refractivity contribution is 0.0335. The van der Waals surface area contributed by atoms with Crippen LogP contribution in [0, 0.1) is 5.92 Å². The number of aromatic nitrogens is 1. The Morgan fingerprint density at radius 2 is 1.87 bits per heavy atom. The van der Waals surface area contributed by atoms with E-state index >= 15 is 0 Å². The molecule has 0 aliphatic carbocycles. The van der Waals surface area contributed by atoms with Crippen LogP contribution in [0.4, 0.5) is 4.79 Å². The second-order valence-electron chi connectivity index (χ2n) is 9.69. The van der Waals surface area contributed by atoms with Crippen molar-refractivity contribution in [2.45, 2.75) is 43.9 Å². The number of hydrogen-bond acceptors (Lipinski definition) is 9. The number of likely N-dealkylation sites (N-methyl/N-ethyl adjacent to an activating group) is 1. The quantitative estimate of drug-likeness (QED) is 0.347. The highest BCUT2D eigenvalue weighted by atomic mass is 32.2. The van der Waals surface area contributed by atoms with Crippen LogP contribution in [-0.4, -0.2) is 72.9 Å². The van der Waals surface area contributed by atoms with Crippen LogP contribution < -0.4 is 9.47 Å². The molecule has 0 bridgehead atoms. The predicted octanol–water partition coefficient (Wildman–Crippen LogP) is 3.76. The van der Waals surface area contributed by atoms with Crippen LogP contribution in [0.3, 0.4) is 0 Å². The third-order valence-corrected chi connectivity index (χ3v) is 8.86. The van der Waals surface area contributed by atoms with Crippen LogP contribution in [0.1, 0.15) is 24.3 Å². The monoisotopic (exact) mass is 575 g/mol. The minimum absolute atomic E-state index is 0.0179. The molecule has 0 unspecified atom stereocenters. The number of thiazole rings is 1. The highest BCUT2D eigenvalue weighted by molar-refractivity contribution is 7.89. The Hall–Kier alpha value is -3.19. The lowest BCUT2D eigenvalue weighted by Crippen LogP contribution is -2.51. The summed E-state index contributed by atoms with van der Waals surface area (Å²) in [5, 5.41) is 11.5. The SMILES string of the molecule is CC(C)CN(C[C@@H](O)[C@H](Cc1ccccc1)N(C)C(=O)OCc1cncs1)S(=O)(=O)c1ccc2c(c1)OCO2. The molecule has 10 nitrogen and oxygen atoms in total. The molecule has 0 saturated heterocycles. The maximum atomic E-state index is 13.7. The maximum Gasteiger partial charge on any atom is 0.410 e. The van der Waals surface area contributed by atoms with E-state index in [4.69, 9.17) is 14.2 Å². The molecule has 2 heterocycles. The number of aliphatic hydroxyl groups excluding tert-OH is 1. The Kier molecular flexibility index (Phi) is 9.44. The van der Waals surface area contributed by atoms with E-state index < -0.39 is 28.3 Å². The summed E-state index contributed by atoms with van der Waals surface area (Å²) in [5.41, 5.74) is 2.54. The molecule has 1 aliphatic heterocycles. The van der Waals surface area contributed by atoms with Crippen molar-refractivity contribution in [1.29, 1.82) is 0 Å². The summed E-state index contributed by atoms with van der Waals surface area (Å²) in [7, 11) is -2.46. The average Bonchev–Trinajstić information content (AvgIpc) is 3.61. The Morgan fingerprint density at radius 1 is 1.13 bits per heavy atom. The van der Waals surface area contributed by atoms with E-state index in [1.807, 2.05) is 44.2 Å². The van der Waals surface area contributed by atoms with Gasteiger partial charge in [0.1, 0.15) is 6.61 Å². The zero-order valence-corrected chi connectivity index (χ0v) is 23.7. The number of hydrogen-bond donors (Lipinski definition) is 1. The summed E-state index contributed by atoms with van der Waals surface area (Å²) in [6, 6.07) is 13.1. The molecule has 0 spiro atoms. The minimum atomic E-state index is -4.01. The topological polar surface area (TPSA) is 118 Å². The molecule has 1 aromatic heterocycles. The number of ether oxygens (including phenoxy) is 3. The van der Waals surface area contributed by atoms with Gasteiger partial charge in [-0.05, 0) is 30.0 Å². The van der Waals surface area contributed by atoms with Crippen LogP contribution in [0.5, 0.6) is 11.5 Å². The van der Waals surface area contributed by atoms with Gasteiger partial charge < -0.3 is 24.2 Å². The van der Waals surface area contributed by atoms with Gasteiger partial charge in [-0.1, -0.05) is 44.2 Å². The highest BCUT2D eigenvalue weighted by Gasteiger charge is 2.34. The second kappa shape index (κ2) is 12.8. The number of benzene rings is 2. The Balaban J connectivity index is 1.57. The normalized spacial score (nSPS) is 14.4. The lowest BCUT2D eigenvalue weighted by atomic mass is 10.00. The van der Waals surface area contributed by atoms with Crippen molar-refractivity contribution in [3.8, 4) is 11.5 Å². The summed E-state index contributed by atoms with van der Waals surface area (Å²) < 4.78 is 44.9. The Morgan fingerprint density at radius 3 is 2.56 bits per heavy atom. The van der Waals surface area contributed by atoms with Gasteiger partial charge in [-0.25, -0.2) is 13.2 Å². The number of nitrogens with zero attached hydrogens (tertiary/aromatic N) is 3. The molecule has 1 amide bonds. The van der Waals surface area contributed by atoms with Crippen molar-refractivity contribution in [1.82, 2.24) is 14.2 Å². The first-order chi connectivity index (χ1) is 18.6. The fraction of sp³-hybridized carbons (Fsp3) is 0.407. The van der Waals surface area contributed by atoms with Gasteiger partial charge in [0.2, 0.25) is 16.8 Å². The van der Waals surface area contributed by atoms with Crippen LogP contribution in [-0.2, 0) is 27.8 Å². The number of sulfonamides is 1. The standard InChI is InChI=1S/C27H33N3O7S2/c1-19(2)14-30(39(33,34)22-9-10-25-26(12-22)37-18-36-25)15-24(31)23(11-20-7-5-4-6-8-20)29(3)27(32)35-16-21-13-28-17-38-21/h4-10,12-13,17,19,23-24,31H,11,14-16,18H2,1-3H3/t23-,24+/m0/s1. The molecular weight excluding hydrogens is 542 g/mol. The molecule has 1 N–H and O–H groups in total. The van der Waals surface area contributed by atoms with Gasteiger partial charge >= 0.3 is 6.09 Å². The summed E-state index contributed by atoms with van der Waals surface area (Å²) in [4.78, 5) is 19.1. The third kappa shape index (κ3) is 7.27. The molecule has 0 saturated carbocycles. The highest BCUT2D eigenvalue weighted by Crippen LogP contribution is 2.35. The molecule has 2 atom stereocenters. The molecule has 39 heavy (non-hydrogen) atoms. The zero-order chi connectivity index (χ0) is 28.0. The number of amides is 1. The molecular formula is C27H33N3O7S2. The summed E-state index contributed by atoms with van der Waals surface area (Å²) in [6.45, 7) is 3.84. The number of rotatable bonds is 12. The van der Waals surface area contributed by atoms with Gasteiger partial charge in [-0.3, -0.25) is 4.98 Å². The minimum Gasteiger partial charge on any atom is -0.454 e. The number of carbonyl (C=O) groups is 1. The summed E-state index contributed by atoms with van der Waals surface area (Å²) in [6.07, 6.45) is 0.0818. The van der Waals surface area contributed by atoms with E-state index in [1.165, 1.54) is 32.7 Å². The van der Waals surface area contributed by atoms with Gasteiger partial charge in [0, 0.05) is 32.4 Å². The molecule has 12 heteroatoms. The van der Waals surface area contributed by atoms with Crippen molar-refractivity contribution in [2.75, 3.05) is 26.9 Å². The zero-order valence-electron chi connectivity index (χ0n) is 22.1. The van der Waals surface area contributed by atoms with E-state index in [9.17, 15) is 18.3 Å². The number of carbonyl (C=O) groups excluding carboxylic acids is 1. The molecule has 210 valence electrons. The fourth-order valence-corrected chi connectivity index (χ4v) is 6.41. The van der Waals surface area contributed by atoms with Crippen molar-refractivity contribution < 1.29 is 32.5 Å². The van der Waals surface area contributed by atoms with E-state index in [2.05, 4.69) is 4.98 Å². The average molecular weight is 576 g/mol. The number of aliphatic hydroxyl groups is 1. The van der Waals surface area contributed by atoms with Crippen molar-refractivity contribution in [2.24, 2.45) is 5.92 Å². The summed E-state index contributed by atoms with van der Waals surface area (Å²) >= 11 is 1.37. The first-order valence-corrected chi connectivity index (χ1v) is 14.9. The van der Waals surface area contributed by atoms with Gasteiger partial charge in [-0.15, -0.1) is 11.3 Å². The molecule has 4 rings (SSSR count). The van der Waals surface area contributed by atoms with E-state index in [0.29, 0.717) is 17.9 Å². The van der Waals surface area contributed by atoms with E-state index in [0.717, 1.165) is 10.4 Å². The molecule has 3 aromatic rings. The van der Waals surface area contributed by atoms with Crippen LogP contribution in [0.25, 0.3) is 0 Å². The largest absolute Gasteiger partial charge is 0.454 e. The van der Waals surface area contributed by atoms with Gasteiger partial charge in [0.25, 0.3) is 0 Å². The smallest absolute Gasteiger partial charge is 0.410 e. The Bertz CT molecular complexity index is 1330.